The van der Waals surface area contributed by atoms with Crippen LogP contribution in [0.4, 0.5) is 4.39 Å². The fourth-order valence-corrected chi connectivity index (χ4v) is 2.08. The van der Waals surface area contributed by atoms with E-state index in [0.717, 1.165) is 11.3 Å². The summed E-state index contributed by atoms with van der Waals surface area (Å²) in [7, 11) is 0. The standard InChI is InChI=1S/C12H8ClFN2O2S/c13-8-1-2-9(17)7(5-8)6-15-16-12(18)10-3-4-11(14)19-10/h1-6,17H,(H,16,18). The third-order valence-corrected chi connectivity index (χ3v) is 3.26. The number of hydrogen-bond acceptors (Lipinski definition) is 4. The quantitative estimate of drug-likeness (QED) is 0.676. The first-order valence-electron chi connectivity index (χ1n) is 5.13. The Hall–Kier alpha value is -1.92. The first-order valence-corrected chi connectivity index (χ1v) is 6.33. The lowest BCUT2D eigenvalue weighted by atomic mass is 10.2. The Labute approximate surface area is 117 Å². The highest BCUT2D eigenvalue weighted by atomic mass is 35.5. The second-order valence-corrected chi connectivity index (χ2v) is 4.98. The van der Waals surface area contributed by atoms with Crippen molar-refractivity contribution in [3.8, 4) is 5.75 Å². The van der Waals surface area contributed by atoms with Crippen molar-refractivity contribution in [1.29, 1.82) is 0 Å². The molecule has 1 heterocycles. The van der Waals surface area contributed by atoms with Gasteiger partial charge in [-0.15, -0.1) is 11.3 Å². The van der Waals surface area contributed by atoms with Crippen molar-refractivity contribution in [2.75, 3.05) is 0 Å². The second-order valence-electron chi connectivity index (χ2n) is 3.51. The average molecular weight is 299 g/mol. The highest BCUT2D eigenvalue weighted by molar-refractivity contribution is 7.12. The first kappa shape index (κ1) is 13.5. The molecule has 19 heavy (non-hydrogen) atoms. The van der Waals surface area contributed by atoms with Gasteiger partial charge in [-0.05, 0) is 30.3 Å². The number of aromatic hydroxyl groups is 1. The van der Waals surface area contributed by atoms with Crippen molar-refractivity contribution < 1.29 is 14.3 Å². The number of thiophene rings is 1. The highest BCUT2D eigenvalue weighted by Gasteiger charge is 2.07. The number of nitrogens with zero attached hydrogens (tertiary/aromatic N) is 1. The molecule has 1 amide bonds. The van der Waals surface area contributed by atoms with Gasteiger partial charge in [0.15, 0.2) is 5.13 Å². The van der Waals surface area contributed by atoms with Crippen LogP contribution in [0, 0.1) is 5.13 Å². The molecular formula is C12H8ClFN2O2S. The van der Waals surface area contributed by atoms with Crippen molar-refractivity contribution in [1.82, 2.24) is 5.43 Å². The Balaban J connectivity index is 2.04. The van der Waals surface area contributed by atoms with Crippen LogP contribution in [0.3, 0.4) is 0 Å². The SMILES string of the molecule is O=C(NN=Cc1cc(Cl)ccc1O)c1ccc(F)s1. The van der Waals surface area contributed by atoms with Crippen molar-refractivity contribution in [3.05, 3.63) is 50.9 Å². The summed E-state index contributed by atoms with van der Waals surface area (Å²) in [5.74, 6) is -0.531. The monoisotopic (exact) mass is 298 g/mol. The van der Waals surface area contributed by atoms with Gasteiger partial charge in [0.05, 0.1) is 11.1 Å². The van der Waals surface area contributed by atoms with Gasteiger partial charge in [-0.25, -0.2) is 5.43 Å². The molecule has 0 aliphatic heterocycles. The van der Waals surface area contributed by atoms with E-state index in [2.05, 4.69) is 10.5 Å². The number of carbonyl (C=O) groups excluding carboxylic acids is 1. The van der Waals surface area contributed by atoms with E-state index in [1.54, 1.807) is 0 Å². The second kappa shape index (κ2) is 5.81. The minimum absolute atomic E-state index is 0.00966. The first-order chi connectivity index (χ1) is 9.06. The topological polar surface area (TPSA) is 61.7 Å². The maximum Gasteiger partial charge on any atom is 0.281 e. The Morgan fingerprint density at radius 1 is 1.42 bits per heavy atom. The molecule has 0 radical (unpaired) electrons. The normalized spacial score (nSPS) is 10.8. The van der Waals surface area contributed by atoms with Gasteiger partial charge in [0.1, 0.15) is 5.75 Å². The zero-order valence-corrected chi connectivity index (χ0v) is 11.0. The van der Waals surface area contributed by atoms with Crippen molar-refractivity contribution in [2.45, 2.75) is 0 Å². The Morgan fingerprint density at radius 3 is 2.89 bits per heavy atom. The van der Waals surface area contributed by atoms with Crippen LogP contribution in [-0.4, -0.2) is 17.2 Å². The van der Waals surface area contributed by atoms with Crippen LogP contribution in [0.1, 0.15) is 15.2 Å². The molecule has 7 heteroatoms. The Bertz CT molecular complexity index is 642. The molecule has 2 rings (SSSR count). The molecule has 0 saturated carbocycles. The zero-order chi connectivity index (χ0) is 13.8. The molecule has 0 aliphatic rings. The van der Waals surface area contributed by atoms with Gasteiger partial charge in [0, 0.05) is 10.6 Å². The van der Waals surface area contributed by atoms with Crippen molar-refractivity contribution in [3.63, 3.8) is 0 Å². The molecule has 2 aromatic rings. The van der Waals surface area contributed by atoms with Gasteiger partial charge in [-0.3, -0.25) is 4.79 Å². The summed E-state index contributed by atoms with van der Waals surface area (Å²) in [4.78, 5) is 11.7. The Kier molecular flexibility index (Phi) is 4.13. The molecule has 0 unspecified atom stereocenters. The molecule has 1 aromatic heterocycles. The van der Waals surface area contributed by atoms with E-state index in [1.165, 1.54) is 36.5 Å². The smallest absolute Gasteiger partial charge is 0.281 e. The van der Waals surface area contributed by atoms with Gasteiger partial charge < -0.3 is 5.11 Å². The van der Waals surface area contributed by atoms with Crippen LogP contribution in [-0.2, 0) is 0 Å². The number of halogens is 2. The van der Waals surface area contributed by atoms with Crippen LogP contribution in [0.2, 0.25) is 5.02 Å². The summed E-state index contributed by atoms with van der Waals surface area (Å²) in [6.07, 6.45) is 1.25. The third-order valence-electron chi connectivity index (χ3n) is 2.16. The number of benzene rings is 1. The van der Waals surface area contributed by atoms with E-state index in [1.807, 2.05) is 0 Å². The number of rotatable bonds is 3. The number of hydrogen-bond donors (Lipinski definition) is 2. The van der Waals surface area contributed by atoms with E-state index in [0.29, 0.717) is 10.6 Å². The highest BCUT2D eigenvalue weighted by Crippen LogP contribution is 2.19. The molecule has 0 atom stereocenters. The predicted octanol–water partition coefficient (Wildman–Crippen LogP) is 3.01. The molecule has 0 saturated heterocycles. The van der Waals surface area contributed by atoms with Crippen molar-refractivity contribution in [2.24, 2.45) is 5.10 Å². The van der Waals surface area contributed by atoms with Crippen LogP contribution in [0.15, 0.2) is 35.4 Å². The summed E-state index contributed by atoms with van der Waals surface area (Å²) in [5, 5.41) is 13.2. The van der Waals surface area contributed by atoms with E-state index in [9.17, 15) is 14.3 Å². The van der Waals surface area contributed by atoms with Crippen LogP contribution in [0.5, 0.6) is 5.75 Å². The minimum atomic E-state index is -0.522. The number of amides is 1. The van der Waals surface area contributed by atoms with Gasteiger partial charge in [-0.2, -0.15) is 9.49 Å². The molecule has 98 valence electrons. The van der Waals surface area contributed by atoms with Crippen LogP contribution < -0.4 is 5.43 Å². The molecule has 0 fully saturated rings. The van der Waals surface area contributed by atoms with E-state index < -0.39 is 11.0 Å². The lowest BCUT2D eigenvalue weighted by molar-refractivity contribution is 0.0959. The fraction of sp³-hybridized carbons (Fsp3) is 0. The third kappa shape index (κ3) is 3.52. The number of carbonyl (C=O) groups is 1. The van der Waals surface area contributed by atoms with Crippen LogP contribution >= 0.6 is 22.9 Å². The molecule has 1 aromatic carbocycles. The summed E-state index contributed by atoms with van der Waals surface area (Å²) in [6, 6.07) is 7.01. The summed E-state index contributed by atoms with van der Waals surface area (Å²) < 4.78 is 12.7. The van der Waals surface area contributed by atoms with E-state index >= 15 is 0 Å². The summed E-state index contributed by atoms with van der Waals surface area (Å²) in [6.45, 7) is 0. The molecule has 0 spiro atoms. The average Bonchev–Trinajstić information content (AvgIpc) is 2.80. The van der Waals surface area contributed by atoms with Crippen molar-refractivity contribution >= 4 is 35.1 Å². The summed E-state index contributed by atoms with van der Waals surface area (Å²) in [5.41, 5.74) is 2.59. The van der Waals surface area contributed by atoms with Gasteiger partial charge >= 0.3 is 0 Å². The minimum Gasteiger partial charge on any atom is -0.507 e. The Morgan fingerprint density at radius 2 is 2.21 bits per heavy atom. The van der Waals surface area contributed by atoms with Gasteiger partial charge in [0.25, 0.3) is 5.91 Å². The predicted molar refractivity (Wildman–Crippen MR) is 72.5 cm³/mol. The van der Waals surface area contributed by atoms with Gasteiger partial charge in [0.2, 0.25) is 0 Å². The van der Waals surface area contributed by atoms with Crippen LogP contribution in [0.25, 0.3) is 0 Å². The number of phenols is 1. The lowest BCUT2D eigenvalue weighted by Gasteiger charge is -1.99. The molecule has 0 aliphatic carbocycles. The van der Waals surface area contributed by atoms with Gasteiger partial charge in [-0.1, -0.05) is 11.6 Å². The maximum absolute atomic E-state index is 12.7. The molecule has 2 N–H and O–H groups in total. The number of hydrazone groups is 1. The summed E-state index contributed by atoms with van der Waals surface area (Å²) >= 11 is 6.48. The molecular weight excluding hydrogens is 291 g/mol. The molecule has 4 nitrogen and oxygen atoms in total. The lowest BCUT2D eigenvalue weighted by Crippen LogP contribution is -2.16. The fourth-order valence-electron chi connectivity index (χ4n) is 1.28. The molecule has 0 bridgehead atoms. The van der Waals surface area contributed by atoms with E-state index in [-0.39, 0.29) is 10.6 Å². The number of nitrogens with one attached hydrogen (secondary N) is 1. The largest absolute Gasteiger partial charge is 0.507 e. The zero-order valence-electron chi connectivity index (χ0n) is 9.43. The van der Waals surface area contributed by atoms with E-state index in [4.69, 9.17) is 11.6 Å². The maximum atomic E-state index is 12.7. The number of phenolic OH excluding ortho intramolecular Hbond substituents is 1.